The van der Waals surface area contributed by atoms with E-state index in [4.69, 9.17) is 0 Å². The lowest BCUT2D eigenvalue weighted by molar-refractivity contribution is -0.0288. The van der Waals surface area contributed by atoms with Crippen LogP contribution in [0, 0.1) is 52.3 Å². The van der Waals surface area contributed by atoms with Crippen LogP contribution in [0.1, 0.15) is 122 Å². The monoisotopic (exact) mass is 488 g/mol. The molecule has 3 fully saturated rings. The molecule has 4 aliphatic carbocycles. The predicted octanol–water partition coefficient (Wildman–Crippen LogP) is 9.92. The summed E-state index contributed by atoms with van der Waals surface area (Å²) >= 11 is 0. The van der Waals surface area contributed by atoms with Gasteiger partial charge < -0.3 is 0 Å². The van der Waals surface area contributed by atoms with Crippen LogP contribution in [0.15, 0.2) is 42.0 Å². The molecule has 0 bridgehead atoms. The summed E-state index contributed by atoms with van der Waals surface area (Å²) in [5, 5.41) is 0. The van der Waals surface area contributed by atoms with Crippen molar-refractivity contribution in [3.63, 3.8) is 0 Å². The van der Waals surface area contributed by atoms with Gasteiger partial charge in [-0.15, -0.1) is 0 Å². The Labute approximate surface area is 221 Å². The molecular weight excluding hydrogens is 436 g/mol. The summed E-state index contributed by atoms with van der Waals surface area (Å²) in [6.45, 7) is 12.6. The van der Waals surface area contributed by atoms with E-state index in [1.165, 1.54) is 64.2 Å². The first-order valence-corrected chi connectivity index (χ1v) is 15.5. The van der Waals surface area contributed by atoms with E-state index in [1.807, 2.05) is 30.3 Å². The van der Waals surface area contributed by atoms with Crippen LogP contribution >= 0.6 is 0 Å². The van der Waals surface area contributed by atoms with Crippen LogP contribution in [0.25, 0.3) is 0 Å². The first kappa shape index (κ1) is 26.2. The molecule has 198 valence electrons. The van der Waals surface area contributed by atoms with Crippen LogP contribution in [0.4, 0.5) is 0 Å². The van der Waals surface area contributed by atoms with Gasteiger partial charge in [0.2, 0.25) is 0 Å². The molecule has 5 rings (SSSR count). The van der Waals surface area contributed by atoms with E-state index >= 15 is 0 Å². The molecule has 36 heavy (non-hydrogen) atoms. The Kier molecular flexibility index (Phi) is 7.59. The fourth-order valence-corrected chi connectivity index (χ4v) is 9.55. The van der Waals surface area contributed by atoms with Gasteiger partial charge in [-0.3, -0.25) is 4.79 Å². The van der Waals surface area contributed by atoms with Crippen molar-refractivity contribution in [2.75, 3.05) is 0 Å². The molecule has 6 unspecified atom stereocenters. The highest BCUT2D eigenvalue weighted by Crippen LogP contribution is 2.66. The third-order valence-corrected chi connectivity index (χ3v) is 11.8. The maximum absolute atomic E-state index is 12.9. The van der Waals surface area contributed by atoms with Gasteiger partial charge in [0, 0.05) is 12.0 Å². The SMILES string of the molecule is CC(C)CCCC(C)C1CC2C3CC=C4CC(CC(=O)c5ccccc5)CC[C@]4(C)C3CC[C@]2(C)C1. The van der Waals surface area contributed by atoms with E-state index in [1.54, 1.807) is 5.57 Å². The Morgan fingerprint density at radius 1 is 1.00 bits per heavy atom. The molecule has 4 aliphatic rings. The molecule has 0 aromatic heterocycles. The second-order valence-corrected chi connectivity index (χ2v) is 14.6. The van der Waals surface area contributed by atoms with Gasteiger partial charge in [-0.1, -0.05) is 95.9 Å². The molecular formula is C35H52O. The maximum Gasteiger partial charge on any atom is 0.163 e. The summed E-state index contributed by atoms with van der Waals surface area (Å²) in [5.41, 5.74) is 3.58. The van der Waals surface area contributed by atoms with Gasteiger partial charge in [-0.25, -0.2) is 0 Å². The van der Waals surface area contributed by atoms with E-state index in [0.717, 1.165) is 53.9 Å². The molecule has 1 nitrogen and oxygen atoms in total. The third-order valence-electron chi connectivity index (χ3n) is 11.8. The van der Waals surface area contributed by atoms with Crippen LogP contribution in [0.5, 0.6) is 0 Å². The van der Waals surface area contributed by atoms with Crippen molar-refractivity contribution in [1.29, 1.82) is 0 Å². The van der Waals surface area contributed by atoms with Gasteiger partial charge in [0.15, 0.2) is 5.78 Å². The average molecular weight is 489 g/mol. The highest BCUT2D eigenvalue weighted by molar-refractivity contribution is 5.96. The Morgan fingerprint density at radius 3 is 2.53 bits per heavy atom. The second kappa shape index (κ2) is 10.4. The van der Waals surface area contributed by atoms with Crippen molar-refractivity contribution >= 4 is 5.78 Å². The highest BCUT2D eigenvalue weighted by atomic mass is 16.1. The lowest BCUT2D eigenvalue weighted by Gasteiger charge is -2.57. The number of hydrogen-bond donors (Lipinski definition) is 0. The lowest BCUT2D eigenvalue weighted by atomic mass is 9.47. The number of Topliss-reactive ketones (excluding diaryl/α,β-unsaturated/α-hetero) is 1. The number of rotatable bonds is 8. The summed E-state index contributed by atoms with van der Waals surface area (Å²) in [6.07, 6.45) is 18.5. The standard InChI is InChI=1S/C35H52O/c1-24(2)10-9-11-25(3)28-22-32-30-15-14-29-20-26(21-33(36)27-12-7-6-8-13-27)16-19-35(29,5)31(30)17-18-34(32,4)23-28/h6-8,12-14,24-26,28,30-32H,9-11,15-23H2,1-5H3/t25?,26?,28?,30?,31?,32?,34-,35+/m1/s1. The minimum absolute atomic E-state index is 0.339. The summed E-state index contributed by atoms with van der Waals surface area (Å²) < 4.78 is 0. The molecule has 1 aromatic rings. The number of hydrogen-bond acceptors (Lipinski definition) is 1. The maximum atomic E-state index is 12.9. The molecule has 3 saturated carbocycles. The second-order valence-electron chi connectivity index (χ2n) is 14.6. The van der Waals surface area contributed by atoms with Gasteiger partial charge in [0.25, 0.3) is 0 Å². The zero-order valence-electron chi connectivity index (χ0n) is 23.9. The topological polar surface area (TPSA) is 17.1 Å². The first-order chi connectivity index (χ1) is 17.2. The van der Waals surface area contributed by atoms with Gasteiger partial charge >= 0.3 is 0 Å². The molecule has 0 spiro atoms. The largest absolute Gasteiger partial charge is 0.294 e. The molecule has 1 aromatic carbocycles. The fourth-order valence-electron chi connectivity index (χ4n) is 9.55. The fraction of sp³-hybridized carbons (Fsp3) is 0.743. The van der Waals surface area contributed by atoms with E-state index in [-0.39, 0.29) is 0 Å². The Bertz CT molecular complexity index is 943. The van der Waals surface area contributed by atoms with Crippen molar-refractivity contribution in [2.24, 2.45) is 52.3 Å². The molecule has 0 heterocycles. The van der Waals surface area contributed by atoms with Gasteiger partial charge in [0.1, 0.15) is 0 Å². The van der Waals surface area contributed by atoms with Crippen molar-refractivity contribution in [3.8, 4) is 0 Å². The number of carbonyl (C=O) groups excluding carboxylic acids is 1. The van der Waals surface area contributed by atoms with Crippen molar-refractivity contribution in [3.05, 3.63) is 47.5 Å². The van der Waals surface area contributed by atoms with Crippen LogP contribution < -0.4 is 0 Å². The average Bonchev–Trinajstić information content (AvgIpc) is 3.22. The van der Waals surface area contributed by atoms with Crippen LogP contribution in [0.3, 0.4) is 0 Å². The van der Waals surface area contributed by atoms with E-state index in [2.05, 4.69) is 40.7 Å². The highest BCUT2D eigenvalue weighted by Gasteiger charge is 2.57. The number of allylic oxidation sites excluding steroid dienone is 2. The van der Waals surface area contributed by atoms with E-state index in [0.29, 0.717) is 22.5 Å². The molecule has 0 N–H and O–H groups in total. The van der Waals surface area contributed by atoms with Gasteiger partial charge in [-0.2, -0.15) is 0 Å². The summed E-state index contributed by atoms with van der Waals surface area (Å²) in [6, 6.07) is 9.95. The van der Waals surface area contributed by atoms with E-state index in [9.17, 15) is 4.79 Å². The minimum atomic E-state index is 0.339. The molecule has 0 saturated heterocycles. The molecule has 8 atom stereocenters. The first-order valence-electron chi connectivity index (χ1n) is 15.5. The van der Waals surface area contributed by atoms with Crippen LogP contribution in [0.2, 0.25) is 0 Å². The quantitative estimate of drug-likeness (QED) is 0.263. The molecule has 0 aliphatic heterocycles. The van der Waals surface area contributed by atoms with Crippen molar-refractivity contribution < 1.29 is 4.79 Å². The smallest absolute Gasteiger partial charge is 0.163 e. The minimum Gasteiger partial charge on any atom is -0.294 e. The normalized spacial score (nSPS) is 38.6. The number of ketones is 1. The van der Waals surface area contributed by atoms with E-state index < -0.39 is 0 Å². The number of benzene rings is 1. The number of fused-ring (bicyclic) bond motifs is 5. The molecule has 1 heteroatoms. The summed E-state index contributed by atoms with van der Waals surface area (Å²) in [4.78, 5) is 12.9. The van der Waals surface area contributed by atoms with Crippen LogP contribution in [-0.2, 0) is 0 Å². The predicted molar refractivity (Wildman–Crippen MR) is 152 cm³/mol. The van der Waals surface area contributed by atoms with Crippen molar-refractivity contribution in [1.82, 2.24) is 0 Å². The zero-order chi connectivity index (χ0) is 25.5. The Morgan fingerprint density at radius 2 is 1.78 bits per heavy atom. The Hall–Kier alpha value is -1.37. The van der Waals surface area contributed by atoms with Crippen LogP contribution in [-0.4, -0.2) is 5.78 Å². The zero-order valence-corrected chi connectivity index (χ0v) is 23.9. The van der Waals surface area contributed by atoms with Crippen molar-refractivity contribution in [2.45, 2.75) is 112 Å². The third kappa shape index (κ3) is 5.02. The van der Waals surface area contributed by atoms with Gasteiger partial charge in [-0.05, 0) is 104 Å². The molecule has 0 amide bonds. The summed E-state index contributed by atoms with van der Waals surface area (Å²) in [5.74, 6) is 6.26. The summed E-state index contributed by atoms with van der Waals surface area (Å²) in [7, 11) is 0. The number of carbonyl (C=O) groups is 1. The Balaban J connectivity index is 1.25. The molecule has 0 radical (unpaired) electrons. The lowest BCUT2D eigenvalue weighted by Crippen LogP contribution is -2.48. The van der Waals surface area contributed by atoms with Gasteiger partial charge in [0.05, 0.1) is 0 Å².